The Labute approximate surface area is 119 Å². The Morgan fingerprint density at radius 1 is 1.17 bits per heavy atom. The SMILES string of the molecule is CCNCC1C(C)(C)C1(CC)c1ccc(Br)cc1. The fraction of sp³-hybridized carbons (Fsp3) is 0.625. The van der Waals surface area contributed by atoms with Gasteiger partial charge in [0.25, 0.3) is 0 Å². The normalized spacial score (nSPS) is 29.3. The van der Waals surface area contributed by atoms with Gasteiger partial charge in [-0.15, -0.1) is 0 Å². The molecule has 18 heavy (non-hydrogen) atoms. The average molecular weight is 310 g/mol. The molecule has 0 aromatic heterocycles. The van der Waals surface area contributed by atoms with Crippen molar-refractivity contribution in [3.63, 3.8) is 0 Å². The molecule has 2 rings (SSSR count). The fourth-order valence-electron chi connectivity index (χ4n) is 3.91. The first kappa shape index (κ1) is 14.1. The first-order chi connectivity index (χ1) is 8.50. The number of halogens is 1. The summed E-state index contributed by atoms with van der Waals surface area (Å²) in [5.41, 5.74) is 2.26. The van der Waals surface area contributed by atoms with Crippen molar-refractivity contribution in [2.45, 2.75) is 39.5 Å². The summed E-state index contributed by atoms with van der Waals surface area (Å²) in [4.78, 5) is 0. The van der Waals surface area contributed by atoms with E-state index < -0.39 is 0 Å². The molecule has 0 bridgehead atoms. The van der Waals surface area contributed by atoms with E-state index in [0.29, 0.717) is 10.8 Å². The van der Waals surface area contributed by atoms with E-state index in [4.69, 9.17) is 0 Å². The van der Waals surface area contributed by atoms with Gasteiger partial charge in [0.15, 0.2) is 0 Å². The van der Waals surface area contributed by atoms with Gasteiger partial charge in [-0.05, 0) is 48.5 Å². The molecule has 1 nitrogen and oxygen atoms in total. The minimum Gasteiger partial charge on any atom is -0.317 e. The minimum atomic E-state index is 0.357. The molecular formula is C16H24BrN. The third-order valence-corrected chi connectivity index (χ3v) is 5.58. The van der Waals surface area contributed by atoms with Crippen molar-refractivity contribution in [2.75, 3.05) is 13.1 Å². The Hall–Kier alpha value is -0.340. The molecule has 2 heteroatoms. The van der Waals surface area contributed by atoms with Gasteiger partial charge in [0, 0.05) is 9.89 Å². The summed E-state index contributed by atoms with van der Waals surface area (Å²) in [6, 6.07) is 8.93. The number of benzene rings is 1. The quantitative estimate of drug-likeness (QED) is 0.852. The molecule has 1 aromatic carbocycles. The number of hydrogen-bond donors (Lipinski definition) is 1. The van der Waals surface area contributed by atoms with E-state index in [2.05, 4.69) is 73.2 Å². The highest BCUT2D eigenvalue weighted by atomic mass is 79.9. The molecule has 1 saturated carbocycles. The highest BCUT2D eigenvalue weighted by Crippen LogP contribution is 2.70. The van der Waals surface area contributed by atoms with E-state index >= 15 is 0 Å². The predicted octanol–water partition coefficient (Wildman–Crippen LogP) is 4.36. The Morgan fingerprint density at radius 3 is 2.28 bits per heavy atom. The average Bonchev–Trinajstić information content (AvgIpc) is 2.84. The van der Waals surface area contributed by atoms with Gasteiger partial charge in [-0.2, -0.15) is 0 Å². The van der Waals surface area contributed by atoms with Crippen LogP contribution in [0.15, 0.2) is 28.7 Å². The summed E-state index contributed by atoms with van der Waals surface area (Å²) < 4.78 is 1.17. The highest BCUT2D eigenvalue weighted by molar-refractivity contribution is 9.10. The van der Waals surface area contributed by atoms with Gasteiger partial charge >= 0.3 is 0 Å². The summed E-state index contributed by atoms with van der Waals surface area (Å²) >= 11 is 3.53. The van der Waals surface area contributed by atoms with Gasteiger partial charge in [-0.25, -0.2) is 0 Å². The smallest absolute Gasteiger partial charge is 0.0175 e. The number of nitrogens with one attached hydrogen (secondary N) is 1. The van der Waals surface area contributed by atoms with Gasteiger partial charge in [0.2, 0.25) is 0 Å². The molecule has 0 spiro atoms. The molecule has 1 aliphatic rings. The Kier molecular flexibility index (Phi) is 3.89. The second-order valence-electron chi connectivity index (χ2n) is 5.91. The maximum atomic E-state index is 3.53. The van der Waals surface area contributed by atoms with Crippen molar-refractivity contribution in [2.24, 2.45) is 11.3 Å². The number of rotatable bonds is 5. The van der Waals surface area contributed by atoms with Gasteiger partial charge in [-0.1, -0.05) is 55.8 Å². The molecule has 1 fully saturated rings. The van der Waals surface area contributed by atoms with Crippen LogP contribution in [0.5, 0.6) is 0 Å². The molecule has 0 aliphatic heterocycles. The molecule has 100 valence electrons. The van der Waals surface area contributed by atoms with Crippen LogP contribution in [0.25, 0.3) is 0 Å². The van der Waals surface area contributed by atoms with E-state index in [0.717, 1.165) is 19.0 Å². The van der Waals surface area contributed by atoms with Gasteiger partial charge < -0.3 is 5.32 Å². The van der Waals surface area contributed by atoms with E-state index in [-0.39, 0.29) is 0 Å². The zero-order chi connectivity index (χ0) is 13.4. The molecule has 0 radical (unpaired) electrons. The topological polar surface area (TPSA) is 12.0 Å². The Balaban J connectivity index is 2.29. The first-order valence-corrected chi connectivity index (χ1v) is 7.76. The largest absolute Gasteiger partial charge is 0.317 e. The maximum absolute atomic E-state index is 3.53. The first-order valence-electron chi connectivity index (χ1n) is 6.97. The predicted molar refractivity (Wildman–Crippen MR) is 81.9 cm³/mol. The zero-order valence-corrected chi connectivity index (χ0v) is 13.5. The molecule has 0 amide bonds. The van der Waals surface area contributed by atoms with Crippen molar-refractivity contribution < 1.29 is 0 Å². The summed E-state index contributed by atoms with van der Waals surface area (Å²) in [5, 5.41) is 3.53. The lowest BCUT2D eigenvalue weighted by molar-refractivity contribution is 0.481. The standard InChI is InChI=1S/C16H24BrN/c1-5-16(12-7-9-13(17)10-8-12)14(11-18-6-2)15(16,3)4/h7-10,14,18H,5-6,11H2,1-4H3. The van der Waals surface area contributed by atoms with Crippen LogP contribution in [0.3, 0.4) is 0 Å². The van der Waals surface area contributed by atoms with E-state index in [1.807, 2.05) is 0 Å². The van der Waals surface area contributed by atoms with Gasteiger partial charge in [0.05, 0.1) is 0 Å². The second-order valence-corrected chi connectivity index (χ2v) is 6.83. The molecule has 1 aromatic rings. The van der Waals surface area contributed by atoms with Crippen LogP contribution in [-0.4, -0.2) is 13.1 Å². The Morgan fingerprint density at radius 2 is 1.78 bits per heavy atom. The van der Waals surface area contributed by atoms with Crippen molar-refractivity contribution in [1.82, 2.24) is 5.32 Å². The Bertz CT molecular complexity index is 410. The van der Waals surface area contributed by atoms with Crippen LogP contribution in [0.2, 0.25) is 0 Å². The van der Waals surface area contributed by atoms with Crippen LogP contribution >= 0.6 is 15.9 Å². The molecule has 2 unspecified atom stereocenters. The molecule has 2 atom stereocenters. The van der Waals surface area contributed by atoms with Crippen LogP contribution < -0.4 is 5.32 Å². The third kappa shape index (κ3) is 1.94. The van der Waals surface area contributed by atoms with Crippen molar-refractivity contribution >= 4 is 15.9 Å². The van der Waals surface area contributed by atoms with E-state index in [1.54, 1.807) is 0 Å². The van der Waals surface area contributed by atoms with Crippen LogP contribution in [0.4, 0.5) is 0 Å². The van der Waals surface area contributed by atoms with E-state index in [1.165, 1.54) is 16.5 Å². The van der Waals surface area contributed by atoms with Gasteiger partial charge in [0.1, 0.15) is 0 Å². The third-order valence-electron chi connectivity index (χ3n) is 5.05. The lowest BCUT2D eigenvalue weighted by Gasteiger charge is -2.19. The summed E-state index contributed by atoms with van der Waals surface area (Å²) in [5.74, 6) is 0.746. The van der Waals surface area contributed by atoms with Crippen LogP contribution in [0, 0.1) is 11.3 Å². The zero-order valence-electron chi connectivity index (χ0n) is 11.9. The van der Waals surface area contributed by atoms with Crippen LogP contribution in [0.1, 0.15) is 39.7 Å². The highest BCUT2D eigenvalue weighted by Gasteiger charge is 2.69. The molecule has 1 aliphatic carbocycles. The summed E-state index contributed by atoms with van der Waals surface area (Å²) in [7, 11) is 0. The van der Waals surface area contributed by atoms with Crippen LogP contribution in [-0.2, 0) is 5.41 Å². The van der Waals surface area contributed by atoms with Gasteiger partial charge in [-0.3, -0.25) is 0 Å². The monoisotopic (exact) mass is 309 g/mol. The minimum absolute atomic E-state index is 0.357. The lowest BCUT2D eigenvalue weighted by Crippen LogP contribution is -2.20. The fourth-order valence-corrected chi connectivity index (χ4v) is 4.18. The lowest BCUT2D eigenvalue weighted by atomic mass is 9.85. The molecule has 1 N–H and O–H groups in total. The van der Waals surface area contributed by atoms with Crippen molar-refractivity contribution in [3.8, 4) is 0 Å². The van der Waals surface area contributed by atoms with Crippen molar-refractivity contribution in [1.29, 1.82) is 0 Å². The molecule has 0 saturated heterocycles. The molecular weight excluding hydrogens is 286 g/mol. The summed E-state index contributed by atoms with van der Waals surface area (Å²) in [6.45, 7) is 11.5. The summed E-state index contributed by atoms with van der Waals surface area (Å²) in [6.07, 6.45) is 1.22. The molecule has 0 heterocycles. The maximum Gasteiger partial charge on any atom is 0.0175 e. The second kappa shape index (κ2) is 4.97. The number of hydrogen-bond acceptors (Lipinski definition) is 1. The van der Waals surface area contributed by atoms with Crippen molar-refractivity contribution in [3.05, 3.63) is 34.3 Å². The van der Waals surface area contributed by atoms with E-state index in [9.17, 15) is 0 Å².